The minimum absolute atomic E-state index is 0.126. The lowest BCUT2D eigenvalue weighted by molar-refractivity contribution is -0.141. The van der Waals surface area contributed by atoms with E-state index in [0.29, 0.717) is 28.6 Å². The van der Waals surface area contributed by atoms with Crippen LogP contribution in [0.2, 0.25) is 10.0 Å². The lowest BCUT2D eigenvalue weighted by Crippen LogP contribution is -2.29. The molecule has 7 nitrogen and oxygen atoms in total. The van der Waals surface area contributed by atoms with E-state index in [4.69, 9.17) is 38.8 Å². The summed E-state index contributed by atoms with van der Waals surface area (Å²) < 4.78 is 45.8. The number of hydrogen-bond acceptors (Lipinski definition) is 6. The fourth-order valence-electron chi connectivity index (χ4n) is 2.62. The van der Waals surface area contributed by atoms with Crippen LogP contribution in [0.5, 0.6) is 5.88 Å². The van der Waals surface area contributed by atoms with Crippen LogP contribution in [0.1, 0.15) is 11.3 Å². The highest BCUT2D eigenvalue weighted by Gasteiger charge is 2.36. The topological polar surface area (TPSA) is 108 Å². The van der Waals surface area contributed by atoms with Crippen molar-refractivity contribution in [2.75, 3.05) is 6.61 Å². The first kappa shape index (κ1) is 24.8. The summed E-state index contributed by atoms with van der Waals surface area (Å²) in [5, 5.41) is 12.4. The van der Waals surface area contributed by atoms with Gasteiger partial charge in [0.15, 0.2) is 12.3 Å². The van der Waals surface area contributed by atoms with E-state index in [1.807, 2.05) is 0 Å². The van der Waals surface area contributed by atoms with E-state index in [2.05, 4.69) is 10.4 Å². The van der Waals surface area contributed by atoms with E-state index in [1.54, 1.807) is 36.4 Å². The minimum atomic E-state index is -4.73. The number of benzene rings is 2. The molecule has 0 aliphatic rings. The molecule has 1 aromatic heterocycles. The van der Waals surface area contributed by atoms with E-state index in [1.165, 1.54) is 12.1 Å². The summed E-state index contributed by atoms with van der Waals surface area (Å²) in [6, 6.07) is 13.3. The zero-order valence-electron chi connectivity index (χ0n) is 16.6. The molecule has 1 heterocycles. The molecule has 0 radical (unpaired) electrons. The number of nitrogens with one attached hydrogen (secondary N) is 1. The van der Waals surface area contributed by atoms with Crippen molar-refractivity contribution in [2.45, 2.75) is 6.18 Å². The van der Waals surface area contributed by atoms with E-state index in [9.17, 15) is 18.0 Å². The zero-order valence-corrected chi connectivity index (χ0v) is 18.9. The molecule has 13 heteroatoms. The largest absolute Gasteiger partial charge is 0.467 e. The van der Waals surface area contributed by atoms with Crippen molar-refractivity contribution in [1.82, 2.24) is 15.1 Å². The highest BCUT2D eigenvalue weighted by atomic mass is 35.5. The number of ether oxygens (including phenoxy) is 1. The molecule has 0 bridgehead atoms. The van der Waals surface area contributed by atoms with Crippen LogP contribution in [0.3, 0.4) is 0 Å². The standard InChI is InChI=1S/C20H16Cl2F3N5O2S/c21-12-7-5-11(6-8-12)18(26)19(33-27)28-16(31)10-32-17-9-15(20(23,24)25)29-30(17)14-4-2-1-3-13(14)22/h1-9H,10,26-27H2,(H,28,31)/b19-18-. The number of aromatic nitrogens is 2. The Morgan fingerprint density at radius 2 is 1.82 bits per heavy atom. The first-order valence-corrected chi connectivity index (χ1v) is 10.7. The van der Waals surface area contributed by atoms with E-state index in [0.717, 1.165) is 4.68 Å². The maximum Gasteiger partial charge on any atom is 0.435 e. The van der Waals surface area contributed by atoms with Crippen molar-refractivity contribution in [1.29, 1.82) is 0 Å². The average Bonchev–Trinajstić information content (AvgIpc) is 3.21. The van der Waals surface area contributed by atoms with Crippen LogP contribution in [0.25, 0.3) is 11.4 Å². The van der Waals surface area contributed by atoms with Crippen LogP contribution < -0.4 is 20.9 Å². The molecule has 0 unspecified atom stereocenters. The van der Waals surface area contributed by atoms with Gasteiger partial charge in [0, 0.05) is 16.7 Å². The Bertz CT molecular complexity index is 1180. The number of nitrogens with two attached hydrogens (primary N) is 2. The molecule has 174 valence electrons. The lowest BCUT2D eigenvalue weighted by atomic mass is 10.2. The maximum absolute atomic E-state index is 13.2. The van der Waals surface area contributed by atoms with Crippen molar-refractivity contribution in [3.63, 3.8) is 0 Å². The first-order valence-electron chi connectivity index (χ1n) is 9.07. The Labute approximate surface area is 200 Å². The first-order chi connectivity index (χ1) is 15.6. The van der Waals surface area contributed by atoms with Crippen molar-refractivity contribution in [3.05, 3.63) is 80.9 Å². The van der Waals surface area contributed by atoms with Crippen LogP contribution >= 0.6 is 35.1 Å². The highest BCUT2D eigenvalue weighted by Crippen LogP contribution is 2.33. The molecule has 0 atom stereocenters. The van der Waals surface area contributed by atoms with Gasteiger partial charge in [0.2, 0.25) is 5.88 Å². The molecule has 3 rings (SSSR count). The Hall–Kier alpha value is -2.86. The number of hydrogen-bond donors (Lipinski definition) is 3. The summed E-state index contributed by atoms with van der Waals surface area (Å²) in [4.78, 5) is 12.4. The van der Waals surface area contributed by atoms with Crippen molar-refractivity contribution in [3.8, 4) is 11.6 Å². The molecular weight excluding hydrogens is 502 g/mol. The van der Waals surface area contributed by atoms with E-state index in [-0.39, 0.29) is 27.3 Å². The van der Waals surface area contributed by atoms with Crippen LogP contribution in [-0.4, -0.2) is 22.3 Å². The summed E-state index contributed by atoms with van der Waals surface area (Å²) in [5.41, 5.74) is 5.72. The number of rotatable bonds is 7. The monoisotopic (exact) mass is 517 g/mol. The third kappa shape index (κ3) is 6.14. The van der Waals surface area contributed by atoms with Gasteiger partial charge in [-0.25, -0.2) is 0 Å². The number of amides is 1. The fraction of sp³-hybridized carbons (Fsp3) is 0.100. The average molecular weight is 518 g/mol. The Kier molecular flexibility index (Phi) is 7.80. The van der Waals surface area contributed by atoms with Gasteiger partial charge in [0.1, 0.15) is 5.03 Å². The van der Waals surface area contributed by atoms with Gasteiger partial charge >= 0.3 is 6.18 Å². The summed E-state index contributed by atoms with van der Waals surface area (Å²) in [6.45, 7) is -0.647. The van der Waals surface area contributed by atoms with Gasteiger partial charge in [-0.1, -0.05) is 47.5 Å². The third-order valence-electron chi connectivity index (χ3n) is 4.17. The molecule has 0 saturated carbocycles. The lowest BCUT2D eigenvalue weighted by Gasteiger charge is -2.13. The number of carbonyl (C=O) groups is 1. The Morgan fingerprint density at radius 1 is 1.15 bits per heavy atom. The normalized spacial score (nSPS) is 12.3. The molecule has 0 spiro atoms. The summed E-state index contributed by atoms with van der Waals surface area (Å²) in [7, 11) is 0. The highest BCUT2D eigenvalue weighted by molar-refractivity contribution is 8.01. The maximum atomic E-state index is 13.2. The minimum Gasteiger partial charge on any atom is -0.467 e. The predicted octanol–water partition coefficient (Wildman–Crippen LogP) is 4.58. The Balaban J connectivity index is 1.80. The van der Waals surface area contributed by atoms with Gasteiger partial charge in [0.25, 0.3) is 5.91 Å². The second kappa shape index (κ2) is 10.4. The van der Waals surface area contributed by atoms with Crippen LogP contribution in [0, 0.1) is 0 Å². The number of para-hydroxylation sites is 1. The molecule has 2 aromatic carbocycles. The van der Waals surface area contributed by atoms with Gasteiger partial charge in [-0.05, 0) is 36.2 Å². The zero-order chi connectivity index (χ0) is 24.2. The van der Waals surface area contributed by atoms with Gasteiger partial charge in [-0.2, -0.15) is 23.0 Å². The molecule has 0 aliphatic carbocycles. The van der Waals surface area contributed by atoms with Crippen molar-refractivity contribution < 1.29 is 22.7 Å². The summed E-state index contributed by atoms with van der Waals surface area (Å²) in [6.07, 6.45) is -4.73. The second-order valence-electron chi connectivity index (χ2n) is 6.43. The summed E-state index contributed by atoms with van der Waals surface area (Å²) in [5.74, 6) is -1.04. The van der Waals surface area contributed by atoms with E-state index < -0.39 is 24.4 Å². The quantitative estimate of drug-likeness (QED) is 0.395. The number of alkyl halides is 3. The van der Waals surface area contributed by atoms with E-state index >= 15 is 0 Å². The second-order valence-corrected chi connectivity index (χ2v) is 7.92. The van der Waals surface area contributed by atoms with Crippen LogP contribution in [0.15, 0.2) is 59.6 Å². The van der Waals surface area contributed by atoms with Crippen molar-refractivity contribution in [2.24, 2.45) is 10.9 Å². The molecule has 3 aromatic rings. The molecule has 0 saturated heterocycles. The van der Waals surface area contributed by atoms with Gasteiger partial charge in [0.05, 0.1) is 16.4 Å². The summed E-state index contributed by atoms with van der Waals surface area (Å²) >= 11 is 12.6. The molecule has 5 N–H and O–H groups in total. The predicted molar refractivity (Wildman–Crippen MR) is 122 cm³/mol. The molecule has 0 fully saturated rings. The number of carbonyl (C=O) groups excluding carboxylic acids is 1. The van der Waals surface area contributed by atoms with Crippen LogP contribution in [-0.2, 0) is 11.0 Å². The number of halogens is 5. The Morgan fingerprint density at radius 3 is 2.42 bits per heavy atom. The van der Waals surface area contributed by atoms with Gasteiger partial charge in [-0.3, -0.25) is 9.93 Å². The molecule has 33 heavy (non-hydrogen) atoms. The van der Waals surface area contributed by atoms with Crippen molar-refractivity contribution >= 4 is 46.8 Å². The third-order valence-corrected chi connectivity index (χ3v) is 5.30. The smallest absolute Gasteiger partial charge is 0.435 e. The molecular formula is C20H16Cl2F3N5O2S. The SMILES string of the molecule is NS/C(NC(=O)COc1cc(C(F)(F)F)nn1-c1ccccc1Cl)=C(\N)c1ccc(Cl)cc1. The van der Waals surface area contributed by atoms with Crippen LogP contribution in [0.4, 0.5) is 13.2 Å². The van der Waals surface area contributed by atoms with Gasteiger partial charge in [-0.15, -0.1) is 0 Å². The van der Waals surface area contributed by atoms with Gasteiger partial charge < -0.3 is 15.8 Å². The number of nitrogens with zero attached hydrogens (tertiary/aromatic N) is 2. The molecule has 1 amide bonds. The fourth-order valence-corrected chi connectivity index (χ4v) is 3.38. The molecule has 0 aliphatic heterocycles.